The van der Waals surface area contributed by atoms with Crippen LogP contribution in [0.1, 0.15) is 21.7 Å². The van der Waals surface area contributed by atoms with Crippen molar-refractivity contribution >= 4 is 17.0 Å². The predicted molar refractivity (Wildman–Crippen MR) is 69.9 cm³/mol. The van der Waals surface area contributed by atoms with E-state index in [4.69, 9.17) is 0 Å². The summed E-state index contributed by atoms with van der Waals surface area (Å²) in [5, 5.41) is 2.31. The van der Waals surface area contributed by atoms with Gasteiger partial charge in [-0.05, 0) is 30.9 Å². The number of fused-ring (bicyclic) bond motifs is 1. The normalized spacial score (nSPS) is 13.6. The molecule has 3 rings (SSSR count). The summed E-state index contributed by atoms with van der Waals surface area (Å²) < 4.78 is 66.0. The Labute approximate surface area is 121 Å². The molecule has 0 atom stereocenters. The van der Waals surface area contributed by atoms with E-state index < -0.39 is 34.8 Å². The molecular formula is C14H10F5NS. The van der Waals surface area contributed by atoms with Gasteiger partial charge in [0, 0.05) is 16.3 Å². The molecule has 0 unspecified atom stereocenters. The molecule has 1 aliphatic rings. The highest BCUT2D eigenvalue weighted by Gasteiger charge is 2.25. The van der Waals surface area contributed by atoms with Crippen molar-refractivity contribution in [3.05, 3.63) is 50.5 Å². The molecule has 0 saturated carbocycles. The monoisotopic (exact) mass is 319 g/mol. The Kier molecular flexibility index (Phi) is 3.61. The zero-order chi connectivity index (χ0) is 15.1. The topological polar surface area (TPSA) is 12.0 Å². The molecule has 1 aliphatic carbocycles. The summed E-state index contributed by atoms with van der Waals surface area (Å²) in [6.07, 6.45) is 3.03. The molecule has 0 fully saturated rings. The zero-order valence-electron chi connectivity index (χ0n) is 10.7. The van der Waals surface area contributed by atoms with Crippen molar-refractivity contribution in [2.24, 2.45) is 0 Å². The second-order valence-electron chi connectivity index (χ2n) is 4.81. The average Bonchev–Trinajstić information content (AvgIpc) is 3.04. The van der Waals surface area contributed by atoms with Gasteiger partial charge in [-0.1, -0.05) is 0 Å². The fourth-order valence-corrected chi connectivity index (χ4v) is 3.61. The molecule has 0 spiro atoms. The van der Waals surface area contributed by atoms with Crippen molar-refractivity contribution in [3.8, 4) is 0 Å². The summed E-state index contributed by atoms with van der Waals surface area (Å²) >= 11 is 1.50. The molecule has 0 bridgehead atoms. The van der Waals surface area contributed by atoms with E-state index in [9.17, 15) is 22.0 Å². The minimum Gasteiger partial charge on any atom is -0.375 e. The maximum Gasteiger partial charge on any atom is 0.200 e. The fraction of sp³-hybridized carbons (Fsp3) is 0.286. The van der Waals surface area contributed by atoms with E-state index in [0.29, 0.717) is 0 Å². The summed E-state index contributed by atoms with van der Waals surface area (Å²) in [6.45, 7) is 0.0238. The molecule has 1 nitrogen and oxygen atoms in total. The number of anilines is 1. The molecule has 1 aromatic carbocycles. The Morgan fingerprint density at radius 2 is 1.52 bits per heavy atom. The third-order valence-electron chi connectivity index (χ3n) is 3.45. The third-order valence-corrected chi connectivity index (χ3v) is 4.68. The Balaban J connectivity index is 1.84. The Bertz CT molecular complexity index is 659. The predicted octanol–water partition coefficient (Wildman–Crippen LogP) is 4.54. The quantitative estimate of drug-likeness (QED) is 0.497. The summed E-state index contributed by atoms with van der Waals surface area (Å²) in [6, 6.07) is 1.91. The van der Waals surface area contributed by atoms with Crippen molar-refractivity contribution in [2.75, 3.05) is 5.32 Å². The molecule has 0 amide bonds. The number of thiophene rings is 1. The smallest absolute Gasteiger partial charge is 0.200 e. The molecular weight excluding hydrogens is 309 g/mol. The fourth-order valence-electron chi connectivity index (χ4n) is 2.41. The maximum absolute atomic E-state index is 13.5. The number of nitrogens with one attached hydrogen (secondary N) is 1. The van der Waals surface area contributed by atoms with Crippen LogP contribution < -0.4 is 5.32 Å². The lowest BCUT2D eigenvalue weighted by Crippen LogP contribution is -2.09. The standard InChI is InChI=1S/C14H10F5NS/c15-9-10(16)12(18)14(13(19)11(9)17)20-5-7-4-6-2-1-3-8(6)21-7/h4,20H,1-3,5H2. The molecule has 1 N–H and O–H groups in total. The molecule has 2 aromatic rings. The van der Waals surface area contributed by atoms with Gasteiger partial charge in [0.1, 0.15) is 5.69 Å². The van der Waals surface area contributed by atoms with E-state index in [2.05, 4.69) is 5.32 Å². The molecule has 0 saturated heterocycles. The number of hydrogen-bond acceptors (Lipinski definition) is 2. The van der Waals surface area contributed by atoms with Crippen LogP contribution in [0.3, 0.4) is 0 Å². The van der Waals surface area contributed by atoms with Gasteiger partial charge in [-0.15, -0.1) is 11.3 Å². The van der Waals surface area contributed by atoms with Gasteiger partial charge in [0.05, 0.1) is 0 Å². The van der Waals surface area contributed by atoms with Crippen molar-refractivity contribution in [2.45, 2.75) is 25.8 Å². The first-order chi connectivity index (χ1) is 9.99. The van der Waals surface area contributed by atoms with Crippen LogP contribution in [0.4, 0.5) is 27.6 Å². The zero-order valence-corrected chi connectivity index (χ0v) is 11.5. The number of aryl methyl sites for hydroxylation is 2. The third kappa shape index (κ3) is 2.39. The SMILES string of the molecule is Fc1c(F)c(F)c(NCc2cc3c(s2)CCC3)c(F)c1F. The molecule has 112 valence electrons. The van der Waals surface area contributed by atoms with Gasteiger partial charge in [-0.2, -0.15) is 0 Å². The lowest BCUT2D eigenvalue weighted by atomic mass is 10.2. The Hall–Kier alpha value is -1.63. The van der Waals surface area contributed by atoms with Crippen LogP contribution in [-0.4, -0.2) is 0 Å². The van der Waals surface area contributed by atoms with E-state index in [-0.39, 0.29) is 6.54 Å². The van der Waals surface area contributed by atoms with E-state index in [0.717, 1.165) is 24.1 Å². The van der Waals surface area contributed by atoms with Crippen LogP contribution >= 0.6 is 11.3 Å². The molecule has 1 heterocycles. The van der Waals surface area contributed by atoms with Crippen LogP contribution in [0, 0.1) is 29.1 Å². The molecule has 0 aliphatic heterocycles. The van der Waals surface area contributed by atoms with Gasteiger partial charge in [0.25, 0.3) is 0 Å². The van der Waals surface area contributed by atoms with E-state index in [1.165, 1.54) is 21.8 Å². The van der Waals surface area contributed by atoms with Crippen LogP contribution in [0.5, 0.6) is 0 Å². The molecule has 0 radical (unpaired) electrons. The molecule has 1 aromatic heterocycles. The molecule has 21 heavy (non-hydrogen) atoms. The van der Waals surface area contributed by atoms with Gasteiger partial charge < -0.3 is 5.32 Å². The van der Waals surface area contributed by atoms with Crippen LogP contribution in [0.2, 0.25) is 0 Å². The first-order valence-electron chi connectivity index (χ1n) is 6.34. The van der Waals surface area contributed by atoms with Crippen molar-refractivity contribution in [3.63, 3.8) is 0 Å². The van der Waals surface area contributed by atoms with Crippen LogP contribution in [-0.2, 0) is 19.4 Å². The minimum absolute atomic E-state index is 0.0238. The summed E-state index contributed by atoms with van der Waals surface area (Å²) in [5.41, 5.74) is 0.217. The average molecular weight is 319 g/mol. The largest absolute Gasteiger partial charge is 0.375 e. The van der Waals surface area contributed by atoms with Crippen molar-refractivity contribution < 1.29 is 22.0 Å². The number of benzene rings is 1. The van der Waals surface area contributed by atoms with Gasteiger partial charge in [-0.3, -0.25) is 0 Å². The van der Waals surface area contributed by atoms with Crippen LogP contribution in [0.15, 0.2) is 6.07 Å². The van der Waals surface area contributed by atoms with E-state index >= 15 is 0 Å². The summed E-state index contributed by atoms with van der Waals surface area (Å²) in [4.78, 5) is 2.04. The van der Waals surface area contributed by atoms with Crippen molar-refractivity contribution in [1.29, 1.82) is 0 Å². The van der Waals surface area contributed by atoms with E-state index in [1.807, 2.05) is 6.07 Å². The van der Waals surface area contributed by atoms with Gasteiger partial charge in [0.2, 0.25) is 5.82 Å². The van der Waals surface area contributed by atoms with Crippen LogP contribution in [0.25, 0.3) is 0 Å². The second kappa shape index (κ2) is 5.29. The van der Waals surface area contributed by atoms with Gasteiger partial charge in [-0.25, -0.2) is 22.0 Å². The van der Waals surface area contributed by atoms with Crippen molar-refractivity contribution in [1.82, 2.24) is 0 Å². The van der Waals surface area contributed by atoms with E-state index in [1.54, 1.807) is 0 Å². The molecule has 7 heteroatoms. The maximum atomic E-state index is 13.5. The van der Waals surface area contributed by atoms with Gasteiger partial charge >= 0.3 is 0 Å². The highest BCUT2D eigenvalue weighted by Crippen LogP contribution is 2.32. The lowest BCUT2D eigenvalue weighted by molar-refractivity contribution is 0.381. The first-order valence-corrected chi connectivity index (χ1v) is 7.16. The number of halogens is 5. The number of hydrogen-bond donors (Lipinski definition) is 1. The lowest BCUT2D eigenvalue weighted by Gasteiger charge is -2.10. The Morgan fingerprint density at radius 1 is 0.905 bits per heavy atom. The first kappa shape index (κ1) is 14.3. The minimum atomic E-state index is -2.15. The second-order valence-corrected chi connectivity index (χ2v) is 6.03. The van der Waals surface area contributed by atoms with Gasteiger partial charge in [0.15, 0.2) is 23.3 Å². The highest BCUT2D eigenvalue weighted by molar-refractivity contribution is 7.12. The number of rotatable bonds is 3. The Morgan fingerprint density at radius 3 is 2.14 bits per heavy atom. The summed E-state index contributed by atoms with van der Waals surface area (Å²) in [5.74, 6) is -9.70. The highest BCUT2D eigenvalue weighted by atomic mass is 32.1. The summed E-state index contributed by atoms with van der Waals surface area (Å²) in [7, 11) is 0.